The van der Waals surface area contributed by atoms with Crippen LogP contribution in [-0.4, -0.2) is 21.7 Å². The molecule has 0 heterocycles. The SMILES string of the molecule is Cc1cccc([N+](=O)[O-])c1C(O)CO. The number of rotatable bonds is 3. The molecule has 1 unspecified atom stereocenters. The van der Waals surface area contributed by atoms with Crippen LogP contribution < -0.4 is 0 Å². The van der Waals surface area contributed by atoms with Gasteiger partial charge in [-0.25, -0.2) is 0 Å². The third-order valence-corrected chi connectivity index (χ3v) is 2.00. The van der Waals surface area contributed by atoms with Crippen molar-refractivity contribution < 1.29 is 15.1 Å². The molecule has 0 aliphatic carbocycles. The Labute approximate surface area is 80.8 Å². The lowest BCUT2D eigenvalue weighted by molar-refractivity contribution is -0.386. The van der Waals surface area contributed by atoms with Gasteiger partial charge in [-0.05, 0) is 12.5 Å². The summed E-state index contributed by atoms with van der Waals surface area (Å²) in [4.78, 5) is 10.0. The topological polar surface area (TPSA) is 83.6 Å². The largest absolute Gasteiger partial charge is 0.393 e. The summed E-state index contributed by atoms with van der Waals surface area (Å²) < 4.78 is 0. The number of nitrogens with zero attached hydrogens (tertiary/aromatic N) is 1. The number of aryl methyl sites for hydroxylation is 1. The van der Waals surface area contributed by atoms with Gasteiger partial charge in [0, 0.05) is 6.07 Å². The van der Waals surface area contributed by atoms with E-state index in [4.69, 9.17) is 5.11 Å². The van der Waals surface area contributed by atoms with Crippen molar-refractivity contribution in [1.29, 1.82) is 0 Å². The Kier molecular flexibility index (Phi) is 3.16. The molecule has 1 atom stereocenters. The van der Waals surface area contributed by atoms with Gasteiger partial charge in [0.15, 0.2) is 0 Å². The minimum absolute atomic E-state index is 0.161. The molecular formula is C9H11NO4. The Balaban J connectivity index is 3.29. The highest BCUT2D eigenvalue weighted by Crippen LogP contribution is 2.27. The second kappa shape index (κ2) is 4.17. The lowest BCUT2D eigenvalue weighted by Crippen LogP contribution is -2.08. The van der Waals surface area contributed by atoms with Crippen LogP contribution in [0, 0.1) is 17.0 Å². The molecule has 0 saturated carbocycles. The van der Waals surface area contributed by atoms with E-state index in [1.807, 2.05) is 0 Å². The van der Waals surface area contributed by atoms with Gasteiger partial charge in [-0.15, -0.1) is 0 Å². The number of aliphatic hydroxyl groups excluding tert-OH is 2. The third kappa shape index (κ3) is 1.89. The number of nitro groups is 1. The Bertz CT molecular complexity index is 351. The first-order chi connectivity index (χ1) is 6.57. The second-order valence-electron chi connectivity index (χ2n) is 2.96. The summed E-state index contributed by atoms with van der Waals surface area (Å²) >= 11 is 0. The van der Waals surface area contributed by atoms with Crippen LogP contribution in [0.1, 0.15) is 17.2 Å². The quantitative estimate of drug-likeness (QED) is 0.557. The molecule has 1 aromatic carbocycles. The molecule has 2 N–H and O–H groups in total. The van der Waals surface area contributed by atoms with E-state index in [0.717, 1.165) is 0 Å². The summed E-state index contributed by atoms with van der Waals surface area (Å²) in [5, 5.41) is 28.7. The maximum absolute atomic E-state index is 10.6. The van der Waals surface area contributed by atoms with Gasteiger partial charge in [-0.2, -0.15) is 0 Å². The standard InChI is InChI=1S/C9H11NO4/c1-6-3-2-4-7(10(13)14)9(6)8(12)5-11/h2-4,8,11-12H,5H2,1H3. The fraction of sp³-hybridized carbons (Fsp3) is 0.333. The molecule has 76 valence electrons. The Morgan fingerprint density at radius 2 is 2.21 bits per heavy atom. The molecular weight excluding hydrogens is 186 g/mol. The molecule has 0 spiro atoms. The van der Waals surface area contributed by atoms with E-state index in [0.29, 0.717) is 5.56 Å². The first kappa shape index (κ1) is 10.6. The lowest BCUT2D eigenvalue weighted by atomic mass is 10.0. The Morgan fingerprint density at radius 3 is 2.71 bits per heavy atom. The predicted octanol–water partition coefficient (Wildman–Crippen LogP) is 0.929. The van der Waals surface area contributed by atoms with Gasteiger partial charge in [-0.1, -0.05) is 12.1 Å². The molecule has 1 aromatic rings. The van der Waals surface area contributed by atoms with Crippen molar-refractivity contribution >= 4 is 5.69 Å². The first-order valence-electron chi connectivity index (χ1n) is 4.10. The van der Waals surface area contributed by atoms with Crippen LogP contribution in [0.4, 0.5) is 5.69 Å². The molecule has 0 fully saturated rings. The third-order valence-electron chi connectivity index (χ3n) is 2.00. The fourth-order valence-corrected chi connectivity index (χ4v) is 1.35. The number of benzene rings is 1. The number of hydrogen-bond donors (Lipinski definition) is 2. The lowest BCUT2D eigenvalue weighted by Gasteiger charge is -2.10. The molecule has 0 aliphatic rings. The van der Waals surface area contributed by atoms with Gasteiger partial charge in [0.25, 0.3) is 5.69 Å². The van der Waals surface area contributed by atoms with Gasteiger partial charge in [0.1, 0.15) is 6.10 Å². The Morgan fingerprint density at radius 1 is 1.57 bits per heavy atom. The predicted molar refractivity (Wildman–Crippen MR) is 49.9 cm³/mol. The van der Waals surface area contributed by atoms with Crippen LogP contribution >= 0.6 is 0 Å². The van der Waals surface area contributed by atoms with Crippen LogP contribution in [0.15, 0.2) is 18.2 Å². The maximum atomic E-state index is 10.6. The molecule has 0 amide bonds. The van der Waals surface area contributed by atoms with Gasteiger partial charge in [0.05, 0.1) is 17.1 Å². The summed E-state index contributed by atoms with van der Waals surface area (Å²) in [6.45, 7) is 1.13. The zero-order valence-corrected chi connectivity index (χ0v) is 7.67. The highest BCUT2D eigenvalue weighted by molar-refractivity contribution is 5.46. The van der Waals surface area contributed by atoms with E-state index < -0.39 is 17.6 Å². The molecule has 0 saturated heterocycles. The van der Waals surface area contributed by atoms with Crippen LogP contribution in [0.25, 0.3) is 0 Å². The van der Waals surface area contributed by atoms with Crippen molar-refractivity contribution in [3.63, 3.8) is 0 Å². The molecule has 1 rings (SSSR count). The van der Waals surface area contributed by atoms with Gasteiger partial charge in [0.2, 0.25) is 0 Å². The van der Waals surface area contributed by atoms with Crippen molar-refractivity contribution in [3.8, 4) is 0 Å². The van der Waals surface area contributed by atoms with E-state index in [1.54, 1.807) is 19.1 Å². The van der Waals surface area contributed by atoms with Crippen LogP contribution in [-0.2, 0) is 0 Å². The van der Waals surface area contributed by atoms with Gasteiger partial charge in [-0.3, -0.25) is 10.1 Å². The summed E-state index contributed by atoms with van der Waals surface area (Å²) in [5.41, 5.74) is 0.618. The highest BCUT2D eigenvalue weighted by atomic mass is 16.6. The minimum Gasteiger partial charge on any atom is -0.393 e. The van der Waals surface area contributed by atoms with Crippen molar-refractivity contribution in [1.82, 2.24) is 0 Å². The van der Waals surface area contributed by atoms with E-state index in [1.165, 1.54) is 6.07 Å². The smallest absolute Gasteiger partial charge is 0.275 e. The zero-order valence-electron chi connectivity index (χ0n) is 7.67. The average molecular weight is 197 g/mol. The number of hydrogen-bond acceptors (Lipinski definition) is 4. The van der Waals surface area contributed by atoms with Crippen molar-refractivity contribution in [2.24, 2.45) is 0 Å². The van der Waals surface area contributed by atoms with Crippen molar-refractivity contribution in [2.75, 3.05) is 6.61 Å². The summed E-state index contributed by atoms with van der Waals surface area (Å²) in [6, 6.07) is 4.50. The summed E-state index contributed by atoms with van der Waals surface area (Å²) in [6.07, 6.45) is -1.20. The summed E-state index contributed by atoms with van der Waals surface area (Å²) in [5.74, 6) is 0. The van der Waals surface area contributed by atoms with E-state index >= 15 is 0 Å². The number of aliphatic hydroxyl groups is 2. The molecule has 0 radical (unpaired) electrons. The molecule has 0 bridgehead atoms. The van der Waals surface area contributed by atoms with Crippen LogP contribution in [0.3, 0.4) is 0 Å². The number of nitro benzene ring substituents is 1. The fourth-order valence-electron chi connectivity index (χ4n) is 1.35. The van der Waals surface area contributed by atoms with Crippen LogP contribution in [0.2, 0.25) is 0 Å². The van der Waals surface area contributed by atoms with Gasteiger partial charge >= 0.3 is 0 Å². The summed E-state index contributed by atoms with van der Waals surface area (Å²) in [7, 11) is 0. The molecule has 14 heavy (non-hydrogen) atoms. The first-order valence-corrected chi connectivity index (χ1v) is 4.10. The maximum Gasteiger partial charge on any atom is 0.275 e. The van der Waals surface area contributed by atoms with E-state index in [-0.39, 0.29) is 11.3 Å². The monoisotopic (exact) mass is 197 g/mol. The molecule has 5 heteroatoms. The van der Waals surface area contributed by atoms with E-state index in [2.05, 4.69) is 0 Å². The normalized spacial score (nSPS) is 12.5. The van der Waals surface area contributed by atoms with Crippen molar-refractivity contribution in [3.05, 3.63) is 39.4 Å². The molecule has 0 aliphatic heterocycles. The second-order valence-corrected chi connectivity index (χ2v) is 2.96. The van der Waals surface area contributed by atoms with Crippen LogP contribution in [0.5, 0.6) is 0 Å². The minimum atomic E-state index is -1.20. The van der Waals surface area contributed by atoms with E-state index in [9.17, 15) is 15.2 Å². The average Bonchev–Trinajstić information content (AvgIpc) is 2.16. The molecule has 5 nitrogen and oxygen atoms in total. The van der Waals surface area contributed by atoms with Crippen molar-refractivity contribution in [2.45, 2.75) is 13.0 Å². The van der Waals surface area contributed by atoms with Gasteiger partial charge < -0.3 is 10.2 Å². The molecule has 0 aromatic heterocycles. The zero-order chi connectivity index (χ0) is 10.7. The Hall–Kier alpha value is -1.46. The highest BCUT2D eigenvalue weighted by Gasteiger charge is 2.21.